The summed E-state index contributed by atoms with van der Waals surface area (Å²) >= 11 is 0. The lowest BCUT2D eigenvalue weighted by molar-refractivity contribution is 0.0974. The van der Waals surface area contributed by atoms with Gasteiger partial charge in [0, 0.05) is 22.9 Å². The van der Waals surface area contributed by atoms with Crippen LogP contribution in [0.5, 0.6) is 5.75 Å². The predicted octanol–water partition coefficient (Wildman–Crippen LogP) is 4.15. The Morgan fingerprint density at radius 1 is 1.11 bits per heavy atom. The number of nitrogens with zero attached hydrogens (tertiary/aromatic N) is 3. The molecule has 0 saturated carbocycles. The quantitative estimate of drug-likeness (QED) is 0.483. The van der Waals surface area contributed by atoms with Crippen LogP contribution >= 0.6 is 0 Å². The minimum absolute atomic E-state index is 0.00418. The van der Waals surface area contributed by atoms with E-state index in [1.807, 2.05) is 41.8 Å². The molecule has 0 N–H and O–H groups in total. The van der Waals surface area contributed by atoms with Gasteiger partial charge in [-0.3, -0.25) is 4.79 Å². The number of rotatable bonds is 6. The molecule has 136 valence electrons. The molecule has 0 aliphatic carbocycles. The average molecular weight is 361 g/mol. The number of carbonyl (C=O) groups excluding carboxylic acids is 1. The van der Waals surface area contributed by atoms with Crippen molar-refractivity contribution < 1.29 is 13.9 Å². The summed E-state index contributed by atoms with van der Waals surface area (Å²) in [6, 6.07) is 17.0. The molecule has 0 fully saturated rings. The molecule has 6 heteroatoms. The molecule has 2 aromatic heterocycles. The fraction of sp³-hybridized carbons (Fsp3) is 0.190. The van der Waals surface area contributed by atoms with Crippen molar-refractivity contribution in [2.45, 2.75) is 19.9 Å². The SMILES string of the molecule is CCc1nnc(-c2cc3ccccc3n2CC(=O)c2ccc(OC)cc2)o1. The molecule has 6 nitrogen and oxygen atoms in total. The first-order valence-electron chi connectivity index (χ1n) is 8.78. The zero-order valence-corrected chi connectivity index (χ0v) is 15.2. The van der Waals surface area contributed by atoms with E-state index in [1.54, 1.807) is 31.4 Å². The molecule has 0 saturated heterocycles. The van der Waals surface area contributed by atoms with Gasteiger partial charge in [-0.25, -0.2) is 0 Å². The maximum atomic E-state index is 12.9. The second-order valence-corrected chi connectivity index (χ2v) is 6.18. The second kappa shape index (κ2) is 7.07. The summed E-state index contributed by atoms with van der Waals surface area (Å²) in [4.78, 5) is 12.9. The number of Topliss-reactive ketones (excluding diaryl/α,β-unsaturated/α-hetero) is 1. The molecular weight excluding hydrogens is 342 g/mol. The minimum atomic E-state index is -0.00418. The van der Waals surface area contributed by atoms with E-state index in [0.717, 1.165) is 22.3 Å². The highest BCUT2D eigenvalue weighted by atomic mass is 16.5. The van der Waals surface area contributed by atoms with Gasteiger partial charge in [0.05, 0.1) is 13.7 Å². The molecule has 0 spiro atoms. The lowest BCUT2D eigenvalue weighted by Crippen LogP contribution is -2.11. The molecule has 0 aliphatic heterocycles. The molecular formula is C21H19N3O3. The molecule has 0 radical (unpaired) electrons. The Balaban J connectivity index is 1.75. The van der Waals surface area contributed by atoms with E-state index in [0.29, 0.717) is 23.8 Å². The van der Waals surface area contributed by atoms with Gasteiger partial charge in [-0.15, -0.1) is 10.2 Å². The van der Waals surface area contributed by atoms with Gasteiger partial charge in [-0.05, 0) is 36.4 Å². The Morgan fingerprint density at radius 3 is 2.59 bits per heavy atom. The van der Waals surface area contributed by atoms with Crippen LogP contribution in [0.25, 0.3) is 22.5 Å². The second-order valence-electron chi connectivity index (χ2n) is 6.18. The summed E-state index contributed by atoms with van der Waals surface area (Å²) in [5, 5.41) is 9.22. The maximum Gasteiger partial charge on any atom is 0.264 e. The van der Waals surface area contributed by atoms with Crippen molar-refractivity contribution in [2.24, 2.45) is 0 Å². The third kappa shape index (κ3) is 3.21. The smallest absolute Gasteiger partial charge is 0.264 e. The van der Waals surface area contributed by atoms with E-state index < -0.39 is 0 Å². The van der Waals surface area contributed by atoms with E-state index in [1.165, 1.54) is 0 Å². The van der Waals surface area contributed by atoms with Gasteiger partial charge in [0.2, 0.25) is 5.89 Å². The standard InChI is InChI=1S/C21H19N3O3/c1-3-20-22-23-21(27-20)18-12-15-6-4-5-7-17(15)24(18)13-19(25)14-8-10-16(26-2)11-9-14/h4-12H,3,13H2,1-2H3. The number of fused-ring (bicyclic) bond motifs is 1. The van der Waals surface area contributed by atoms with Crippen LogP contribution in [0.1, 0.15) is 23.2 Å². The van der Waals surface area contributed by atoms with Gasteiger partial charge in [-0.1, -0.05) is 25.1 Å². The van der Waals surface area contributed by atoms with Crippen molar-refractivity contribution >= 4 is 16.7 Å². The minimum Gasteiger partial charge on any atom is -0.497 e. The van der Waals surface area contributed by atoms with Crippen LogP contribution in [-0.4, -0.2) is 27.7 Å². The third-order valence-electron chi connectivity index (χ3n) is 4.51. The largest absolute Gasteiger partial charge is 0.497 e. The number of aromatic nitrogens is 3. The molecule has 4 aromatic rings. The summed E-state index contributed by atoms with van der Waals surface area (Å²) < 4.78 is 12.8. The van der Waals surface area contributed by atoms with Crippen LogP contribution in [0.3, 0.4) is 0 Å². The lowest BCUT2D eigenvalue weighted by Gasteiger charge is -2.09. The number of para-hydroxylation sites is 1. The first-order valence-corrected chi connectivity index (χ1v) is 8.78. The topological polar surface area (TPSA) is 70.2 Å². The van der Waals surface area contributed by atoms with E-state index in [9.17, 15) is 4.79 Å². The number of carbonyl (C=O) groups is 1. The fourth-order valence-corrected chi connectivity index (χ4v) is 3.07. The van der Waals surface area contributed by atoms with Crippen LogP contribution in [0.4, 0.5) is 0 Å². The van der Waals surface area contributed by atoms with Crippen molar-refractivity contribution in [3.8, 4) is 17.3 Å². The number of ketones is 1. The normalized spacial score (nSPS) is 11.0. The molecule has 0 bridgehead atoms. The summed E-state index contributed by atoms with van der Waals surface area (Å²) in [5.74, 6) is 1.71. The summed E-state index contributed by atoms with van der Waals surface area (Å²) in [5.41, 5.74) is 2.31. The Bertz CT molecular complexity index is 1090. The molecule has 0 aliphatic rings. The highest BCUT2D eigenvalue weighted by Gasteiger charge is 2.18. The van der Waals surface area contributed by atoms with Crippen molar-refractivity contribution in [3.05, 3.63) is 66.1 Å². The number of benzene rings is 2. The van der Waals surface area contributed by atoms with Gasteiger partial charge in [0.25, 0.3) is 5.89 Å². The molecule has 0 unspecified atom stereocenters. The fourth-order valence-electron chi connectivity index (χ4n) is 3.07. The molecule has 4 rings (SSSR count). The van der Waals surface area contributed by atoms with Crippen LogP contribution < -0.4 is 4.74 Å². The van der Waals surface area contributed by atoms with Gasteiger partial charge in [0.15, 0.2) is 5.78 Å². The maximum absolute atomic E-state index is 12.9. The van der Waals surface area contributed by atoms with E-state index in [2.05, 4.69) is 10.2 Å². The first-order chi connectivity index (χ1) is 13.2. The zero-order valence-electron chi connectivity index (χ0n) is 15.2. The monoisotopic (exact) mass is 361 g/mol. The van der Waals surface area contributed by atoms with E-state index in [4.69, 9.17) is 9.15 Å². The molecule has 0 atom stereocenters. The van der Waals surface area contributed by atoms with Crippen LogP contribution in [0.15, 0.2) is 59.0 Å². The Morgan fingerprint density at radius 2 is 1.89 bits per heavy atom. The number of aryl methyl sites for hydroxylation is 1. The van der Waals surface area contributed by atoms with Crippen molar-refractivity contribution in [3.63, 3.8) is 0 Å². The molecule has 2 heterocycles. The number of ether oxygens (including phenoxy) is 1. The van der Waals surface area contributed by atoms with Crippen molar-refractivity contribution in [1.82, 2.24) is 14.8 Å². The van der Waals surface area contributed by atoms with Crippen LogP contribution in [0.2, 0.25) is 0 Å². The van der Waals surface area contributed by atoms with Gasteiger partial charge in [0.1, 0.15) is 11.4 Å². The zero-order chi connectivity index (χ0) is 18.8. The van der Waals surface area contributed by atoms with Crippen LogP contribution in [-0.2, 0) is 13.0 Å². The first kappa shape index (κ1) is 17.0. The Labute approximate surface area is 156 Å². The number of hydrogen-bond acceptors (Lipinski definition) is 5. The third-order valence-corrected chi connectivity index (χ3v) is 4.51. The summed E-state index contributed by atoms with van der Waals surface area (Å²) in [6.07, 6.45) is 0.665. The Kier molecular flexibility index (Phi) is 4.46. The van der Waals surface area contributed by atoms with Crippen LogP contribution in [0, 0.1) is 0 Å². The summed E-state index contributed by atoms with van der Waals surface area (Å²) in [6.45, 7) is 2.14. The number of hydrogen-bond donors (Lipinski definition) is 0. The van der Waals surface area contributed by atoms with E-state index >= 15 is 0 Å². The van der Waals surface area contributed by atoms with Gasteiger partial charge < -0.3 is 13.7 Å². The highest BCUT2D eigenvalue weighted by molar-refractivity contribution is 5.98. The molecule has 2 aromatic carbocycles. The number of methoxy groups -OCH3 is 1. The Hall–Kier alpha value is -3.41. The molecule has 0 amide bonds. The molecule has 27 heavy (non-hydrogen) atoms. The predicted molar refractivity (Wildman–Crippen MR) is 102 cm³/mol. The summed E-state index contributed by atoms with van der Waals surface area (Å²) in [7, 11) is 1.60. The van der Waals surface area contributed by atoms with Crippen molar-refractivity contribution in [2.75, 3.05) is 7.11 Å². The lowest BCUT2D eigenvalue weighted by atomic mass is 10.1. The van der Waals surface area contributed by atoms with E-state index in [-0.39, 0.29) is 12.3 Å². The van der Waals surface area contributed by atoms with Crippen molar-refractivity contribution in [1.29, 1.82) is 0 Å². The highest BCUT2D eigenvalue weighted by Crippen LogP contribution is 2.28. The average Bonchev–Trinajstić information content (AvgIpc) is 3.33. The van der Waals surface area contributed by atoms with Gasteiger partial charge in [-0.2, -0.15) is 0 Å². The van der Waals surface area contributed by atoms with Gasteiger partial charge >= 0.3 is 0 Å².